The van der Waals surface area contributed by atoms with Crippen molar-refractivity contribution in [2.45, 2.75) is 32.6 Å². The Morgan fingerprint density at radius 2 is 2.11 bits per heavy atom. The lowest BCUT2D eigenvalue weighted by atomic mass is 9.92. The highest BCUT2D eigenvalue weighted by Crippen LogP contribution is 2.34. The van der Waals surface area contributed by atoms with E-state index in [-0.39, 0.29) is 11.8 Å². The minimum Gasteiger partial charge on any atom is -0.461 e. The number of para-hydroxylation sites is 1. The lowest BCUT2D eigenvalue weighted by molar-refractivity contribution is 0.315. The normalized spacial score (nSPS) is 14.0. The standard InChI is InChI=1S/C14H18N2O2/c1-3-9(14(15)16-17)13-10-7-5-6-8-12(10)18-11(13)4-2/h5-9,17H,3-4H2,1-2H3,(H2,15,16). The number of amidine groups is 1. The average molecular weight is 246 g/mol. The Balaban J connectivity index is 2.67. The molecule has 1 aromatic heterocycles. The van der Waals surface area contributed by atoms with Crippen LogP contribution < -0.4 is 5.73 Å². The molecule has 18 heavy (non-hydrogen) atoms. The van der Waals surface area contributed by atoms with Crippen molar-refractivity contribution >= 4 is 16.8 Å². The molecule has 4 nitrogen and oxygen atoms in total. The van der Waals surface area contributed by atoms with Gasteiger partial charge in [0.15, 0.2) is 0 Å². The van der Waals surface area contributed by atoms with Gasteiger partial charge in [-0.1, -0.05) is 37.2 Å². The summed E-state index contributed by atoms with van der Waals surface area (Å²) in [6.07, 6.45) is 1.56. The molecule has 0 bridgehead atoms. The summed E-state index contributed by atoms with van der Waals surface area (Å²) in [5, 5.41) is 13.1. The summed E-state index contributed by atoms with van der Waals surface area (Å²) in [5.74, 6) is 1.04. The number of aryl methyl sites for hydroxylation is 1. The number of oxime groups is 1. The fraction of sp³-hybridized carbons (Fsp3) is 0.357. The molecule has 1 atom stereocenters. The van der Waals surface area contributed by atoms with E-state index in [1.54, 1.807) is 0 Å². The number of benzene rings is 1. The van der Waals surface area contributed by atoms with E-state index in [1.165, 1.54) is 0 Å². The van der Waals surface area contributed by atoms with E-state index in [9.17, 15) is 0 Å². The summed E-state index contributed by atoms with van der Waals surface area (Å²) in [6, 6.07) is 7.87. The molecule has 2 rings (SSSR count). The molecule has 0 amide bonds. The van der Waals surface area contributed by atoms with Crippen molar-refractivity contribution in [3.05, 3.63) is 35.6 Å². The van der Waals surface area contributed by atoms with Crippen molar-refractivity contribution < 1.29 is 9.62 Å². The number of hydrogen-bond acceptors (Lipinski definition) is 3. The van der Waals surface area contributed by atoms with Crippen LogP contribution in [0.3, 0.4) is 0 Å². The molecule has 1 aromatic carbocycles. The van der Waals surface area contributed by atoms with E-state index >= 15 is 0 Å². The van der Waals surface area contributed by atoms with Gasteiger partial charge in [0.1, 0.15) is 17.2 Å². The molecule has 0 aliphatic carbocycles. The third-order valence-corrected chi connectivity index (χ3v) is 3.26. The predicted octanol–water partition coefficient (Wildman–Crippen LogP) is 3.24. The van der Waals surface area contributed by atoms with Crippen LogP contribution in [-0.4, -0.2) is 11.0 Å². The molecular weight excluding hydrogens is 228 g/mol. The zero-order valence-corrected chi connectivity index (χ0v) is 10.7. The number of nitrogens with zero attached hydrogens (tertiary/aromatic N) is 1. The Kier molecular flexibility index (Phi) is 3.55. The second kappa shape index (κ2) is 5.12. The third kappa shape index (κ3) is 1.94. The molecule has 4 heteroatoms. The first-order valence-corrected chi connectivity index (χ1v) is 6.20. The van der Waals surface area contributed by atoms with Gasteiger partial charge in [-0.25, -0.2) is 0 Å². The van der Waals surface area contributed by atoms with Gasteiger partial charge >= 0.3 is 0 Å². The number of furan rings is 1. The number of fused-ring (bicyclic) bond motifs is 1. The minimum absolute atomic E-state index is 0.103. The van der Waals surface area contributed by atoms with Crippen molar-refractivity contribution in [1.82, 2.24) is 0 Å². The van der Waals surface area contributed by atoms with Crippen molar-refractivity contribution in [1.29, 1.82) is 0 Å². The van der Waals surface area contributed by atoms with Gasteiger partial charge in [-0.3, -0.25) is 0 Å². The smallest absolute Gasteiger partial charge is 0.146 e. The molecule has 0 saturated heterocycles. The van der Waals surface area contributed by atoms with Crippen LogP contribution in [0.4, 0.5) is 0 Å². The SMILES string of the molecule is CCc1oc2ccccc2c1C(CC)C(N)=NO. The zero-order valence-electron chi connectivity index (χ0n) is 10.7. The van der Waals surface area contributed by atoms with E-state index in [1.807, 2.05) is 38.1 Å². The molecule has 0 fully saturated rings. The molecule has 0 saturated carbocycles. The van der Waals surface area contributed by atoms with Gasteiger partial charge in [-0.2, -0.15) is 0 Å². The maximum atomic E-state index is 8.90. The van der Waals surface area contributed by atoms with Crippen LogP contribution in [0.15, 0.2) is 33.8 Å². The summed E-state index contributed by atoms with van der Waals surface area (Å²) in [6.45, 7) is 4.06. The molecule has 1 heterocycles. The van der Waals surface area contributed by atoms with Gasteiger partial charge in [0.2, 0.25) is 0 Å². The van der Waals surface area contributed by atoms with E-state index in [0.717, 1.165) is 35.1 Å². The molecule has 2 aromatic rings. The largest absolute Gasteiger partial charge is 0.461 e. The molecular formula is C14H18N2O2. The van der Waals surface area contributed by atoms with Gasteiger partial charge in [-0.15, -0.1) is 0 Å². The molecule has 0 aliphatic heterocycles. The van der Waals surface area contributed by atoms with Crippen LogP contribution in [0.5, 0.6) is 0 Å². The molecule has 1 unspecified atom stereocenters. The highest BCUT2D eigenvalue weighted by Gasteiger charge is 2.23. The molecule has 0 aliphatic rings. The van der Waals surface area contributed by atoms with Gasteiger partial charge in [0.25, 0.3) is 0 Å². The second-order valence-electron chi connectivity index (χ2n) is 4.27. The molecule has 3 N–H and O–H groups in total. The summed E-state index contributed by atoms with van der Waals surface area (Å²) >= 11 is 0. The highest BCUT2D eigenvalue weighted by molar-refractivity contribution is 5.93. The van der Waals surface area contributed by atoms with E-state index in [0.29, 0.717) is 0 Å². The van der Waals surface area contributed by atoms with Crippen molar-refractivity contribution in [3.63, 3.8) is 0 Å². The zero-order chi connectivity index (χ0) is 13.1. The average Bonchev–Trinajstić information content (AvgIpc) is 2.78. The first kappa shape index (κ1) is 12.5. The van der Waals surface area contributed by atoms with Gasteiger partial charge < -0.3 is 15.4 Å². The van der Waals surface area contributed by atoms with Crippen molar-refractivity contribution in [2.75, 3.05) is 0 Å². The molecule has 96 valence electrons. The second-order valence-corrected chi connectivity index (χ2v) is 4.27. The predicted molar refractivity (Wildman–Crippen MR) is 72.0 cm³/mol. The van der Waals surface area contributed by atoms with Crippen LogP contribution in [0, 0.1) is 0 Å². The van der Waals surface area contributed by atoms with E-state index < -0.39 is 0 Å². The third-order valence-electron chi connectivity index (χ3n) is 3.26. The topological polar surface area (TPSA) is 71.8 Å². The summed E-state index contributed by atoms with van der Waals surface area (Å²) in [5.41, 5.74) is 7.69. The Labute approximate surface area is 106 Å². The van der Waals surface area contributed by atoms with Gasteiger partial charge in [-0.05, 0) is 12.5 Å². The Bertz CT molecular complexity index is 572. The summed E-state index contributed by atoms with van der Waals surface area (Å²) < 4.78 is 5.83. The number of nitrogens with two attached hydrogens (primary N) is 1. The van der Waals surface area contributed by atoms with Crippen LogP contribution >= 0.6 is 0 Å². The lowest BCUT2D eigenvalue weighted by Gasteiger charge is -2.13. The van der Waals surface area contributed by atoms with E-state index in [4.69, 9.17) is 15.4 Å². The fourth-order valence-electron chi connectivity index (χ4n) is 2.39. The van der Waals surface area contributed by atoms with Crippen molar-refractivity contribution in [3.8, 4) is 0 Å². The fourth-order valence-corrected chi connectivity index (χ4v) is 2.39. The van der Waals surface area contributed by atoms with Crippen LogP contribution in [0.1, 0.15) is 37.5 Å². The molecule has 0 spiro atoms. The lowest BCUT2D eigenvalue weighted by Crippen LogP contribution is -2.22. The number of rotatable bonds is 4. The highest BCUT2D eigenvalue weighted by atomic mass is 16.4. The van der Waals surface area contributed by atoms with Crippen LogP contribution in [-0.2, 0) is 6.42 Å². The number of hydrogen-bond donors (Lipinski definition) is 2. The summed E-state index contributed by atoms with van der Waals surface area (Å²) in [4.78, 5) is 0. The van der Waals surface area contributed by atoms with Gasteiger partial charge in [0.05, 0.1) is 0 Å². The van der Waals surface area contributed by atoms with Crippen molar-refractivity contribution in [2.24, 2.45) is 10.9 Å². The summed E-state index contributed by atoms with van der Waals surface area (Å²) in [7, 11) is 0. The first-order chi connectivity index (χ1) is 8.72. The Morgan fingerprint density at radius 3 is 2.72 bits per heavy atom. The monoisotopic (exact) mass is 246 g/mol. The first-order valence-electron chi connectivity index (χ1n) is 6.20. The quantitative estimate of drug-likeness (QED) is 0.376. The van der Waals surface area contributed by atoms with Gasteiger partial charge in [0, 0.05) is 23.3 Å². The Morgan fingerprint density at radius 1 is 1.39 bits per heavy atom. The Hall–Kier alpha value is -1.97. The molecule has 0 radical (unpaired) electrons. The van der Waals surface area contributed by atoms with E-state index in [2.05, 4.69) is 5.16 Å². The maximum absolute atomic E-state index is 8.90. The maximum Gasteiger partial charge on any atom is 0.146 e. The minimum atomic E-state index is -0.103. The van der Waals surface area contributed by atoms with Crippen LogP contribution in [0.2, 0.25) is 0 Å². The van der Waals surface area contributed by atoms with Crippen LogP contribution in [0.25, 0.3) is 11.0 Å².